The molecule has 172 valence electrons. The molecule has 0 fully saturated rings. The second-order valence-electron chi connectivity index (χ2n) is 7.74. The maximum Gasteiger partial charge on any atom is 0.257 e. The van der Waals surface area contributed by atoms with Crippen LogP contribution in [0.4, 0.5) is 11.4 Å². The highest BCUT2D eigenvalue weighted by molar-refractivity contribution is 6.10. The molecule has 4 rings (SSSR count). The number of amides is 1. The van der Waals surface area contributed by atoms with Crippen LogP contribution in [-0.4, -0.2) is 17.6 Å². The summed E-state index contributed by atoms with van der Waals surface area (Å²) in [5.41, 5.74) is 10.4. The Morgan fingerprint density at radius 3 is 2.03 bits per heavy atom. The highest BCUT2D eigenvalue weighted by Gasteiger charge is 2.11. The summed E-state index contributed by atoms with van der Waals surface area (Å²) in [7, 11) is 0. The van der Waals surface area contributed by atoms with Crippen molar-refractivity contribution in [1.29, 1.82) is 0 Å². The smallest absolute Gasteiger partial charge is 0.257 e. The van der Waals surface area contributed by atoms with Crippen molar-refractivity contribution in [2.45, 2.75) is 0 Å². The minimum absolute atomic E-state index is 0.0376. The number of nitrogens with zero attached hydrogens (tertiary/aromatic N) is 1. The van der Waals surface area contributed by atoms with Gasteiger partial charge in [0.15, 0.2) is 0 Å². The Kier molecular flexibility index (Phi) is 7.13. The molecule has 0 unspecified atom stereocenters. The second-order valence-corrected chi connectivity index (χ2v) is 7.74. The molecule has 4 aromatic carbocycles. The van der Waals surface area contributed by atoms with E-state index in [9.17, 15) is 9.59 Å². The second kappa shape index (κ2) is 10.8. The fourth-order valence-electron chi connectivity index (χ4n) is 3.45. The highest BCUT2D eigenvalue weighted by atomic mass is 16.1. The Balaban J connectivity index is 1.40. The van der Waals surface area contributed by atoms with E-state index in [-0.39, 0.29) is 23.3 Å². The topological polar surface area (TPSA) is 96.6 Å². The van der Waals surface area contributed by atoms with E-state index in [4.69, 9.17) is 5.73 Å². The van der Waals surface area contributed by atoms with Crippen molar-refractivity contribution in [3.63, 3.8) is 0 Å². The van der Waals surface area contributed by atoms with Crippen molar-refractivity contribution < 1.29 is 9.59 Å². The van der Waals surface area contributed by atoms with Crippen molar-refractivity contribution in [3.05, 3.63) is 133 Å². The molecule has 4 N–H and O–H groups in total. The fourth-order valence-corrected chi connectivity index (χ4v) is 3.45. The number of anilines is 1. The lowest BCUT2D eigenvalue weighted by molar-refractivity contribution is 0.0975. The van der Waals surface area contributed by atoms with Crippen LogP contribution in [0.1, 0.15) is 20.7 Å². The van der Waals surface area contributed by atoms with Gasteiger partial charge in [0.25, 0.3) is 5.91 Å². The van der Waals surface area contributed by atoms with Crippen LogP contribution in [0.3, 0.4) is 0 Å². The van der Waals surface area contributed by atoms with Crippen LogP contribution in [0.2, 0.25) is 0 Å². The molecule has 0 aromatic heterocycles. The van der Waals surface area contributed by atoms with Gasteiger partial charge in [0, 0.05) is 16.8 Å². The van der Waals surface area contributed by atoms with Crippen LogP contribution in [0, 0.1) is 0 Å². The first kappa shape index (κ1) is 23.2. The number of carbonyl (C=O) groups is 2. The van der Waals surface area contributed by atoms with Gasteiger partial charge in [-0.25, -0.2) is 4.99 Å². The summed E-state index contributed by atoms with van der Waals surface area (Å²) in [5.74, 6) is -0.601. The number of aliphatic imine (C=N–C) groups is 1. The van der Waals surface area contributed by atoms with Crippen LogP contribution >= 0.6 is 0 Å². The van der Waals surface area contributed by atoms with Crippen LogP contribution < -0.4 is 16.4 Å². The average Bonchev–Trinajstić information content (AvgIpc) is 2.89. The molecular formula is C29H24N4O2. The predicted octanol–water partition coefficient (Wildman–Crippen LogP) is 5.54. The highest BCUT2D eigenvalue weighted by Crippen LogP contribution is 2.22. The lowest BCUT2D eigenvalue weighted by atomic mass is 10.0. The molecule has 4 aromatic rings. The van der Waals surface area contributed by atoms with Crippen molar-refractivity contribution in [1.82, 2.24) is 5.32 Å². The van der Waals surface area contributed by atoms with Crippen molar-refractivity contribution >= 4 is 29.0 Å². The number of benzene rings is 4. The molecule has 35 heavy (non-hydrogen) atoms. The summed E-state index contributed by atoms with van der Waals surface area (Å²) < 4.78 is 0. The summed E-state index contributed by atoms with van der Waals surface area (Å²) in [6.45, 7) is 3.89. The van der Waals surface area contributed by atoms with Gasteiger partial charge in [0.2, 0.25) is 11.7 Å². The standard InChI is InChI=1S/C29H24N4O2/c1-20(27(34)23-17-15-22(16-18-23)21-9-4-2-5-10-21)31-25-13-8-14-26(19-25)32-29(30)33-28(35)24-11-6-3-7-12-24/h2-19,31H,1H2,(H3,30,32,33,35). The van der Waals surface area contributed by atoms with E-state index >= 15 is 0 Å². The number of nitrogens with one attached hydrogen (secondary N) is 2. The molecule has 0 radical (unpaired) electrons. The minimum atomic E-state index is -0.349. The van der Waals surface area contributed by atoms with Gasteiger partial charge in [-0.2, -0.15) is 0 Å². The zero-order valence-electron chi connectivity index (χ0n) is 18.9. The Labute approximate surface area is 203 Å². The van der Waals surface area contributed by atoms with E-state index in [0.29, 0.717) is 22.5 Å². The summed E-state index contributed by atoms with van der Waals surface area (Å²) >= 11 is 0. The van der Waals surface area contributed by atoms with Gasteiger partial charge in [-0.1, -0.05) is 85.4 Å². The number of Topliss-reactive ketones (excluding diaryl/α,β-unsaturated/α-hetero) is 1. The Bertz CT molecular complexity index is 1380. The molecule has 0 atom stereocenters. The summed E-state index contributed by atoms with van der Waals surface area (Å²) in [5, 5.41) is 5.58. The van der Waals surface area contributed by atoms with Gasteiger partial charge in [-0.15, -0.1) is 0 Å². The molecule has 0 aliphatic rings. The van der Waals surface area contributed by atoms with E-state index in [1.54, 1.807) is 60.7 Å². The third-order valence-corrected chi connectivity index (χ3v) is 5.20. The number of hydrogen-bond acceptors (Lipinski definition) is 4. The predicted molar refractivity (Wildman–Crippen MR) is 141 cm³/mol. The third-order valence-electron chi connectivity index (χ3n) is 5.20. The lowest BCUT2D eigenvalue weighted by Crippen LogP contribution is -2.36. The molecule has 0 saturated carbocycles. The molecule has 0 saturated heterocycles. The van der Waals surface area contributed by atoms with E-state index in [2.05, 4.69) is 22.2 Å². The van der Waals surface area contributed by atoms with Crippen molar-refractivity contribution in [2.75, 3.05) is 5.32 Å². The number of ketones is 1. The first-order valence-electron chi connectivity index (χ1n) is 11.0. The number of hydrogen-bond donors (Lipinski definition) is 3. The van der Waals surface area contributed by atoms with E-state index in [1.165, 1.54) is 0 Å². The Morgan fingerprint density at radius 2 is 1.34 bits per heavy atom. The lowest BCUT2D eigenvalue weighted by Gasteiger charge is -2.10. The van der Waals surface area contributed by atoms with Crippen LogP contribution in [0.5, 0.6) is 0 Å². The maximum absolute atomic E-state index is 12.9. The zero-order valence-corrected chi connectivity index (χ0v) is 18.9. The number of nitrogens with two attached hydrogens (primary N) is 1. The first-order valence-corrected chi connectivity index (χ1v) is 11.0. The monoisotopic (exact) mass is 460 g/mol. The Morgan fingerprint density at radius 1 is 0.714 bits per heavy atom. The third kappa shape index (κ3) is 6.09. The van der Waals surface area contributed by atoms with E-state index in [1.807, 2.05) is 48.5 Å². The van der Waals surface area contributed by atoms with Crippen LogP contribution in [0.15, 0.2) is 126 Å². The van der Waals surface area contributed by atoms with Gasteiger partial charge >= 0.3 is 0 Å². The van der Waals surface area contributed by atoms with Crippen molar-refractivity contribution in [3.8, 4) is 11.1 Å². The van der Waals surface area contributed by atoms with E-state index in [0.717, 1.165) is 11.1 Å². The molecule has 0 bridgehead atoms. The van der Waals surface area contributed by atoms with Gasteiger partial charge in [0.05, 0.1) is 11.4 Å². The number of allylic oxidation sites excluding steroid dienone is 1. The summed E-state index contributed by atoms with van der Waals surface area (Å²) in [4.78, 5) is 29.3. The summed E-state index contributed by atoms with van der Waals surface area (Å²) in [6, 6.07) is 33.1. The van der Waals surface area contributed by atoms with Crippen LogP contribution in [0.25, 0.3) is 11.1 Å². The van der Waals surface area contributed by atoms with Crippen LogP contribution in [-0.2, 0) is 0 Å². The zero-order chi connectivity index (χ0) is 24.6. The SMILES string of the molecule is C=C(Nc1cccc(N=C(N)NC(=O)c2ccccc2)c1)C(=O)c1ccc(-c2ccccc2)cc1. The van der Waals surface area contributed by atoms with Gasteiger partial charge < -0.3 is 11.1 Å². The average molecular weight is 461 g/mol. The first-order chi connectivity index (χ1) is 17.0. The molecule has 1 amide bonds. The largest absolute Gasteiger partial charge is 0.369 e. The van der Waals surface area contributed by atoms with Gasteiger partial charge in [-0.3, -0.25) is 14.9 Å². The van der Waals surface area contributed by atoms with Gasteiger partial charge in [-0.05, 0) is 41.5 Å². The molecule has 0 spiro atoms. The normalized spacial score (nSPS) is 10.9. The number of guanidine groups is 1. The molecule has 0 aliphatic heterocycles. The maximum atomic E-state index is 12.9. The van der Waals surface area contributed by atoms with E-state index < -0.39 is 0 Å². The quantitative estimate of drug-likeness (QED) is 0.146. The number of rotatable bonds is 7. The fraction of sp³-hybridized carbons (Fsp3) is 0. The molecule has 6 heteroatoms. The number of carbonyl (C=O) groups excluding carboxylic acids is 2. The molecule has 6 nitrogen and oxygen atoms in total. The minimum Gasteiger partial charge on any atom is -0.369 e. The van der Waals surface area contributed by atoms with Gasteiger partial charge in [0.1, 0.15) is 0 Å². The van der Waals surface area contributed by atoms with Crippen molar-refractivity contribution in [2.24, 2.45) is 10.7 Å². The summed E-state index contributed by atoms with van der Waals surface area (Å²) in [6.07, 6.45) is 0. The molecule has 0 heterocycles. The molecular weight excluding hydrogens is 436 g/mol. The molecule has 0 aliphatic carbocycles. The Hall–Kier alpha value is -4.97.